The fourth-order valence-electron chi connectivity index (χ4n) is 1.78. The summed E-state index contributed by atoms with van der Waals surface area (Å²) in [6.45, 7) is 3.83. The summed E-state index contributed by atoms with van der Waals surface area (Å²) < 4.78 is 0. The molecule has 0 aliphatic rings. The van der Waals surface area contributed by atoms with Crippen LogP contribution in [0.1, 0.15) is 21.5 Å². The zero-order chi connectivity index (χ0) is 13.8. The molecule has 0 fully saturated rings. The topological polar surface area (TPSA) is 42.4 Å². The minimum absolute atomic E-state index is 0.225. The lowest BCUT2D eigenvalue weighted by Gasteiger charge is -2.19. The minimum atomic E-state index is -0.225. The fraction of sp³-hybridized carbons (Fsp3) is 0.200. The molecule has 0 aliphatic heterocycles. The molecule has 1 aromatic heterocycles. The third-order valence-corrected chi connectivity index (χ3v) is 2.85. The van der Waals surface area contributed by atoms with Crippen LogP contribution in [0, 0.1) is 13.8 Å². The maximum Gasteiger partial charge on any atom is 0.283 e. The van der Waals surface area contributed by atoms with Crippen LogP contribution in [0.4, 0.5) is 5.82 Å². The predicted molar refractivity (Wildman–Crippen MR) is 74.0 cm³/mol. The van der Waals surface area contributed by atoms with Crippen molar-refractivity contribution in [3.05, 3.63) is 59.3 Å². The average molecular weight is 256 g/mol. The average Bonchev–Trinajstić information content (AvgIpc) is 2.42. The molecular formula is C15H16N2O2. The number of benzene rings is 1. The second-order valence-corrected chi connectivity index (χ2v) is 4.29. The van der Waals surface area contributed by atoms with Crippen molar-refractivity contribution in [2.75, 3.05) is 12.2 Å². The summed E-state index contributed by atoms with van der Waals surface area (Å²) in [6, 6.07) is 11.0. The number of hydrogen-bond donors (Lipinski definition) is 0. The van der Waals surface area contributed by atoms with Gasteiger partial charge in [0.1, 0.15) is 0 Å². The molecule has 0 unspecified atom stereocenters. The second-order valence-electron chi connectivity index (χ2n) is 4.29. The Morgan fingerprint density at radius 1 is 1.16 bits per heavy atom. The van der Waals surface area contributed by atoms with E-state index in [2.05, 4.69) is 4.98 Å². The first-order chi connectivity index (χ1) is 9.13. The number of hydroxylamine groups is 1. The molecule has 0 saturated heterocycles. The van der Waals surface area contributed by atoms with Gasteiger partial charge in [-0.05, 0) is 37.1 Å². The SMILES string of the molecule is CON(C(=O)c1ccccc1C)c1ccc(C)cn1. The number of nitrogens with zero attached hydrogens (tertiary/aromatic N) is 2. The summed E-state index contributed by atoms with van der Waals surface area (Å²) in [5, 5.41) is 1.20. The third kappa shape index (κ3) is 2.80. The lowest BCUT2D eigenvalue weighted by molar-refractivity contribution is 0.0768. The molecule has 1 aromatic carbocycles. The highest BCUT2D eigenvalue weighted by atomic mass is 16.7. The zero-order valence-electron chi connectivity index (χ0n) is 11.3. The smallest absolute Gasteiger partial charge is 0.268 e. The molecule has 0 radical (unpaired) electrons. The Labute approximate surface area is 112 Å². The van der Waals surface area contributed by atoms with Gasteiger partial charge < -0.3 is 0 Å². The van der Waals surface area contributed by atoms with Crippen LogP contribution >= 0.6 is 0 Å². The molecule has 0 atom stereocenters. The highest BCUT2D eigenvalue weighted by Gasteiger charge is 2.20. The van der Waals surface area contributed by atoms with Gasteiger partial charge in [0.25, 0.3) is 5.91 Å². The summed E-state index contributed by atoms with van der Waals surface area (Å²) in [4.78, 5) is 21.8. The van der Waals surface area contributed by atoms with Gasteiger partial charge in [-0.15, -0.1) is 0 Å². The van der Waals surface area contributed by atoms with E-state index in [1.807, 2.05) is 38.1 Å². The van der Waals surface area contributed by atoms with Gasteiger partial charge in [-0.2, -0.15) is 5.06 Å². The monoisotopic (exact) mass is 256 g/mol. The van der Waals surface area contributed by atoms with Crippen molar-refractivity contribution in [2.45, 2.75) is 13.8 Å². The summed E-state index contributed by atoms with van der Waals surface area (Å²) in [6.07, 6.45) is 1.70. The van der Waals surface area contributed by atoms with Crippen molar-refractivity contribution >= 4 is 11.7 Å². The molecular weight excluding hydrogens is 240 g/mol. The van der Waals surface area contributed by atoms with Crippen LogP contribution in [0.2, 0.25) is 0 Å². The third-order valence-electron chi connectivity index (χ3n) is 2.85. The first-order valence-corrected chi connectivity index (χ1v) is 6.00. The molecule has 4 nitrogen and oxygen atoms in total. The van der Waals surface area contributed by atoms with Crippen LogP contribution in [0.15, 0.2) is 42.6 Å². The van der Waals surface area contributed by atoms with Crippen molar-refractivity contribution in [3.63, 3.8) is 0 Å². The highest BCUT2D eigenvalue weighted by molar-refractivity contribution is 6.05. The van der Waals surface area contributed by atoms with Crippen LogP contribution in [0.3, 0.4) is 0 Å². The van der Waals surface area contributed by atoms with Crippen LogP contribution < -0.4 is 5.06 Å². The molecule has 4 heteroatoms. The van der Waals surface area contributed by atoms with E-state index >= 15 is 0 Å². The van der Waals surface area contributed by atoms with E-state index in [0.29, 0.717) is 11.4 Å². The molecule has 0 aliphatic carbocycles. The fourth-order valence-corrected chi connectivity index (χ4v) is 1.78. The number of pyridine rings is 1. The summed E-state index contributed by atoms with van der Waals surface area (Å²) in [5.74, 6) is 0.248. The molecule has 0 spiro atoms. The summed E-state index contributed by atoms with van der Waals surface area (Å²) >= 11 is 0. The number of aromatic nitrogens is 1. The molecule has 0 bridgehead atoms. The lowest BCUT2D eigenvalue weighted by Crippen LogP contribution is -2.31. The minimum Gasteiger partial charge on any atom is -0.268 e. The molecule has 1 amide bonds. The van der Waals surface area contributed by atoms with E-state index in [1.54, 1.807) is 18.3 Å². The van der Waals surface area contributed by atoms with Gasteiger partial charge in [0.05, 0.1) is 7.11 Å². The first kappa shape index (κ1) is 13.2. The van der Waals surface area contributed by atoms with E-state index in [9.17, 15) is 4.79 Å². The number of anilines is 1. The molecule has 98 valence electrons. The number of rotatable bonds is 3. The van der Waals surface area contributed by atoms with E-state index < -0.39 is 0 Å². The Balaban J connectivity index is 2.35. The quantitative estimate of drug-likeness (QED) is 0.793. The normalized spacial score (nSPS) is 10.3. The van der Waals surface area contributed by atoms with E-state index in [1.165, 1.54) is 12.2 Å². The number of aryl methyl sites for hydroxylation is 2. The number of carbonyl (C=O) groups is 1. The summed E-state index contributed by atoms with van der Waals surface area (Å²) in [7, 11) is 1.46. The zero-order valence-corrected chi connectivity index (χ0v) is 11.3. The van der Waals surface area contributed by atoms with Crippen molar-refractivity contribution < 1.29 is 9.63 Å². The van der Waals surface area contributed by atoms with Crippen LogP contribution in [-0.4, -0.2) is 18.0 Å². The Morgan fingerprint density at radius 2 is 1.89 bits per heavy atom. The molecule has 0 N–H and O–H groups in total. The van der Waals surface area contributed by atoms with Gasteiger partial charge in [-0.1, -0.05) is 24.3 Å². The number of carbonyl (C=O) groups excluding carboxylic acids is 1. The number of hydrogen-bond acceptors (Lipinski definition) is 3. The second kappa shape index (κ2) is 5.63. The van der Waals surface area contributed by atoms with Crippen LogP contribution in [-0.2, 0) is 4.84 Å². The Kier molecular flexibility index (Phi) is 3.92. The van der Waals surface area contributed by atoms with E-state index in [0.717, 1.165) is 11.1 Å². The molecule has 1 heterocycles. The molecule has 2 rings (SSSR count). The van der Waals surface area contributed by atoms with Gasteiger partial charge in [0.15, 0.2) is 5.82 Å². The van der Waals surface area contributed by atoms with Gasteiger partial charge in [0, 0.05) is 11.8 Å². The van der Waals surface area contributed by atoms with Gasteiger partial charge >= 0.3 is 0 Å². The van der Waals surface area contributed by atoms with E-state index in [-0.39, 0.29) is 5.91 Å². The van der Waals surface area contributed by atoms with Gasteiger partial charge in [-0.25, -0.2) is 4.98 Å². The molecule has 0 saturated carbocycles. The van der Waals surface area contributed by atoms with Crippen molar-refractivity contribution in [1.82, 2.24) is 4.98 Å². The largest absolute Gasteiger partial charge is 0.283 e. The summed E-state index contributed by atoms with van der Waals surface area (Å²) in [5.41, 5.74) is 2.54. The maximum atomic E-state index is 12.4. The Hall–Kier alpha value is -2.20. The predicted octanol–water partition coefficient (Wildman–Crippen LogP) is 2.91. The van der Waals surface area contributed by atoms with Crippen molar-refractivity contribution in [2.24, 2.45) is 0 Å². The lowest BCUT2D eigenvalue weighted by atomic mass is 10.1. The molecule has 2 aromatic rings. The van der Waals surface area contributed by atoms with Crippen molar-refractivity contribution in [1.29, 1.82) is 0 Å². The van der Waals surface area contributed by atoms with Crippen LogP contribution in [0.25, 0.3) is 0 Å². The Morgan fingerprint density at radius 3 is 2.47 bits per heavy atom. The van der Waals surface area contributed by atoms with Gasteiger partial charge in [-0.3, -0.25) is 9.63 Å². The highest BCUT2D eigenvalue weighted by Crippen LogP contribution is 2.17. The first-order valence-electron chi connectivity index (χ1n) is 6.00. The van der Waals surface area contributed by atoms with Gasteiger partial charge in [0.2, 0.25) is 0 Å². The number of amides is 1. The van der Waals surface area contributed by atoms with Crippen molar-refractivity contribution in [3.8, 4) is 0 Å². The van der Waals surface area contributed by atoms with E-state index in [4.69, 9.17) is 4.84 Å². The Bertz CT molecular complexity index is 579. The molecule has 19 heavy (non-hydrogen) atoms. The van der Waals surface area contributed by atoms with Crippen LogP contribution in [0.5, 0.6) is 0 Å². The maximum absolute atomic E-state index is 12.4. The standard InChI is InChI=1S/C15H16N2O2/c1-11-8-9-14(16-10-11)17(19-3)15(18)13-7-5-4-6-12(13)2/h4-10H,1-3H3.